The molecule has 23 heavy (non-hydrogen) atoms. The molecule has 118 valence electrons. The third-order valence-electron chi connectivity index (χ3n) is 4.66. The van der Waals surface area contributed by atoms with Gasteiger partial charge in [0.05, 0.1) is 19.3 Å². The molecule has 2 aromatic rings. The van der Waals surface area contributed by atoms with Crippen molar-refractivity contribution in [2.45, 2.75) is 25.0 Å². The first kappa shape index (κ1) is 14.5. The molecule has 2 aliphatic rings. The van der Waals surface area contributed by atoms with Gasteiger partial charge in [-0.1, -0.05) is 36.4 Å². The quantitative estimate of drug-likeness (QED) is 0.814. The Hall–Kier alpha value is -2.04. The monoisotopic (exact) mass is 310 g/mol. The molecule has 2 unspecified atom stereocenters. The van der Waals surface area contributed by atoms with Crippen molar-refractivity contribution in [2.24, 2.45) is 0 Å². The average molecular weight is 310 g/mol. The molecule has 2 aliphatic heterocycles. The fourth-order valence-electron chi connectivity index (χ4n) is 3.53. The number of ether oxygens (including phenoxy) is 1. The van der Waals surface area contributed by atoms with Crippen molar-refractivity contribution in [1.82, 2.24) is 9.88 Å². The Morgan fingerprint density at radius 2 is 2.00 bits per heavy atom. The highest BCUT2D eigenvalue weighted by Crippen LogP contribution is 2.34. The summed E-state index contributed by atoms with van der Waals surface area (Å²) in [6.45, 7) is 2.26. The molecule has 0 spiro atoms. The number of fused-ring (bicyclic) bond motifs is 2. The van der Waals surface area contributed by atoms with Gasteiger partial charge in [0.1, 0.15) is 0 Å². The van der Waals surface area contributed by atoms with Gasteiger partial charge in [0.15, 0.2) is 0 Å². The van der Waals surface area contributed by atoms with E-state index in [0.717, 1.165) is 18.5 Å². The topological polar surface area (TPSA) is 25.4 Å². The van der Waals surface area contributed by atoms with Crippen LogP contribution in [0.15, 0.2) is 54.7 Å². The van der Waals surface area contributed by atoms with Gasteiger partial charge in [-0.15, -0.1) is 0 Å². The van der Waals surface area contributed by atoms with Gasteiger partial charge in [0.25, 0.3) is 0 Å². The number of hydrogen-bond donors (Lipinski definition) is 0. The minimum atomic E-state index is -0.380. The summed E-state index contributed by atoms with van der Waals surface area (Å²) in [7, 11) is 0. The Balaban J connectivity index is 1.62. The van der Waals surface area contributed by atoms with Crippen LogP contribution in [0.4, 0.5) is 4.39 Å². The van der Waals surface area contributed by atoms with E-state index < -0.39 is 0 Å². The summed E-state index contributed by atoms with van der Waals surface area (Å²) in [6.07, 6.45) is 4.44. The number of morpholine rings is 1. The lowest BCUT2D eigenvalue weighted by Gasteiger charge is -2.44. The summed E-state index contributed by atoms with van der Waals surface area (Å²) < 4.78 is 19.7. The second kappa shape index (κ2) is 6.22. The molecule has 1 saturated heterocycles. The van der Waals surface area contributed by atoms with Crippen LogP contribution in [0.1, 0.15) is 17.5 Å². The highest BCUT2D eigenvalue weighted by molar-refractivity contribution is 5.67. The molecule has 4 rings (SSSR count). The predicted molar refractivity (Wildman–Crippen MR) is 87.2 cm³/mol. The summed E-state index contributed by atoms with van der Waals surface area (Å²) in [5.41, 5.74) is 2.98. The largest absolute Gasteiger partial charge is 0.378 e. The third-order valence-corrected chi connectivity index (χ3v) is 4.66. The molecule has 0 aliphatic carbocycles. The van der Waals surface area contributed by atoms with E-state index in [1.165, 1.54) is 11.8 Å². The molecule has 0 saturated carbocycles. The molecule has 1 fully saturated rings. The Kier molecular flexibility index (Phi) is 3.93. The van der Waals surface area contributed by atoms with Gasteiger partial charge >= 0.3 is 0 Å². The number of halogens is 1. The Labute approximate surface area is 135 Å². The maximum absolute atomic E-state index is 14.0. The lowest BCUT2D eigenvalue weighted by molar-refractivity contribution is -0.0403. The summed E-state index contributed by atoms with van der Waals surface area (Å²) in [5.74, 6) is -0.380. The van der Waals surface area contributed by atoms with Gasteiger partial charge in [0, 0.05) is 24.3 Å². The Morgan fingerprint density at radius 3 is 2.78 bits per heavy atom. The smallest absolute Gasteiger partial charge is 0.220 e. The van der Waals surface area contributed by atoms with Crippen molar-refractivity contribution in [1.29, 1.82) is 0 Å². The van der Waals surface area contributed by atoms with Crippen LogP contribution in [0, 0.1) is 5.95 Å². The zero-order chi connectivity index (χ0) is 15.6. The Morgan fingerprint density at radius 1 is 1.13 bits per heavy atom. The van der Waals surface area contributed by atoms with Crippen molar-refractivity contribution in [3.8, 4) is 0 Å². The van der Waals surface area contributed by atoms with E-state index >= 15 is 0 Å². The maximum atomic E-state index is 14.0. The highest BCUT2D eigenvalue weighted by Gasteiger charge is 2.35. The van der Waals surface area contributed by atoms with Crippen LogP contribution in [-0.2, 0) is 11.3 Å². The van der Waals surface area contributed by atoms with Gasteiger partial charge < -0.3 is 4.74 Å². The maximum Gasteiger partial charge on any atom is 0.220 e. The number of hydrogen-bond acceptors (Lipinski definition) is 3. The summed E-state index contributed by atoms with van der Waals surface area (Å²) in [4.78, 5) is 6.25. The van der Waals surface area contributed by atoms with E-state index in [2.05, 4.69) is 40.2 Å². The van der Waals surface area contributed by atoms with Crippen LogP contribution in [0.3, 0.4) is 0 Å². The van der Waals surface area contributed by atoms with Crippen molar-refractivity contribution in [2.75, 3.05) is 13.2 Å². The van der Waals surface area contributed by atoms with Crippen molar-refractivity contribution in [3.05, 3.63) is 71.8 Å². The third kappa shape index (κ3) is 2.92. The van der Waals surface area contributed by atoms with E-state index in [1.807, 2.05) is 12.1 Å². The van der Waals surface area contributed by atoms with Crippen molar-refractivity contribution < 1.29 is 9.13 Å². The Bertz CT molecular complexity index is 716. The molecule has 3 heterocycles. The first-order chi connectivity index (χ1) is 11.3. The first-order valence-corrected chi connectivity index (χ1v) is 8.00. The lowest BCUT2D eigenvalue weighted by atomic mass is 9.90. The van der Waals surface area contributed by atoms with Crippen LogP contribution >= 0.6 is 0 Å². The fourth-order valence-corrected chi connectivity index (χ4v) is 3.53. The molecule has 2 atom stereocenters. The predicted octanol–water partition coefficient (Wildman–Crippen LogP) is 3.28. The first-order valence-electron chi connectivity index (χ1n) is 8.00. The average Bonchev–Trinajstić information content (AvgIpc) is 2.56. The molecule has 0 N–H and O–H groups in total. The van der Waals surface area contributed by atoms with E-state index in [-0.39, 0.29) is 18.0 Å². The van der Waals surface area contributed by atoms with E-state index in [0.29, 0.717) is 18.8 Å². The summed E-state index contributed by atoms with van der Waals surface area (Å²) in [5, 5.41) is 0. The molecular formula is C19H19FN2O. The SMILES string of the molecule is Fc1ncccc1C1=CC2COCC(C1)N2Cc1ccccc1. The van der Waals surface area contributed by atoms with Crippen LogP contribution in [0.25, 0.3) is 5.57 Å². The normalized spacial score (nSPS) is 24.3. The van der Waals surface area contributed by atoms with Gasteiger partial charge in [-0.05, 0) is 29.7 Å². The molecule has 1 aromatic carbocycles. The van der Waals surface area contributed by atoms with Crippen LogP contribution in [-0.4, -0.2) is 35.2 Å². The highest BCUT2D eigenvalue weighted by atomic mass is 19.1. The standard InChI is InChI=1S/C19H19FN2O/c20-19-18(7-4-8-21-19)15-9-16-12-23-13-17(10-15)22(16)11-14-5-2-1-3-6-14/h1-9,16-17H,10-13H2. The number of aromatic nitrogens is 1. The van der Waals surface area contributed by atoms with E-state index in [9.17, 15) is 4.39 Å². The van der Waals surface area contributed by atoms with Crippen molar-refractivity contribution >= 4 is 5.57 Å². The van der Waals surface area contributed by atoms with Crippen LogP contribution < -0.4 is 0 Å². The van der Waals surface area contributed by atoms with E-state index in [1.54, 1.807) is 6.07 Å². The number of pyridine rings is 1. The molecule has 0 radical (unpaired) electrons. The van der Waals surface area contributed by atoms with Gasteiger partial charge in [0.2, 0.25) is 5.95 Å². The molecule has 2 bridgehead atoms. The van der Waals surface area contributed by atoms with Gasteiger partial charge in [-0.3, -0.25) is 4.90 Å². The number of nitrogens with zero attached hydrogens (tertiary/aromatic N) is 2. The van der Waals surface area contributed by atoms with E-state index in [4.69, 9.17) is 4.74 Å². The second-order valence-corrected chi connectivity index (χ2v) is 6.15. The lowest BCUT2D eigenvalue weighted by Crippen LogP contribution is -2.53. The minimum absolute atomic E-state index is 0.192. The minimum Gasteiger partial charge on any atom is -0.378 e. The number of rotatable bonds is 3. The molecular weight excluding hydrogens is 291 g/mol. The van der Waals surface area contributed by atoms with Gasteiger partial charge in [-0.25, -0.2) is 4.98 Å². The van der Waals surface area contributed by atoms with Crippen LogP contribution in [0.2, 0.25) is 0 Å². The molecule has 3 nitrogen and oxygen atoms in total. The van der Waals surface area contributed by atoms with Gasteiger partial charge in [-0.2, -0.15) is 4.39 Å². The van der Waals surface area contributed by atoms with Crippen molar-refractivity contribution in [3.63, 3.8) is 0 Å². The summed E-state index contributed by atoms with van der Waals surface area (Å²) >= 11 is 0. The molecule has 0 amide bonds. The fraction of sp³-hybridized carbons (Fsp3) is 0.316. The molecule has 1 aromatic heterocycles. The number of benzene rings is 1. The molecule has 4 heteroatoms. The van der Waals surface area contributed by atoms with Crippen LogP contribution in [0.5, 0.6) is 0 Å². The zero-order valence-electron chi connectivity index (χ0n) is 12.9. The second-order valence-electron chi connectivity index (χ2n) is 6.15. The zero-order valence-corrected chi connectivity index (χ0v) is 12.9. The summed E-state index contributed by atoms with van der Waals surface area (Å²) in [6, 6.07) is 14.6.